The number of hydrogen-bond acceptors (Lipinski definition) is 9. The second-order valence-electron chi connectivity index (χ2n) is 8.51. The molecule has 1 saturated heterocycles. The highest BCUT2D eigenvalue weighted by Gasteiger charge is 2.36. The van der Waals surface area contributed by atoms with Crippen molar-refractivity contribution in [2.45, 2.75) is 44.0 Å². The van der Waals surface area contributed by atoms with Crippen LogP contribution in [0.2, 0.25) is 0 Å². The molecule has 2 aromatic rings. The number of aliphatic imine (C=N–C) groups is 2. The Morgan fingerprint density at radius 2 is 1.97 bits per heavy atom. The lowest BCUT2D eigenvalue weighted by Gasteiger charge is -2.25. The number of methoxy groups -OCH3 is 3. The van der Waals surface area contributed by atoms with Crippen molar-refractivity contribution in [3.63, 3.8) is 0 Å². The van der Waals surface area contributed by atoms with Gasteiger partial charge in [0.05, 0.1) is 20.8 Å². The average Bonchev–Trinajstić information content (AvgIpc) is 3.32. The van der Waals surface area contributed by atoms with Crippen molar-refractivity contribution in [2.75, 3.05) is 39.3 Å². The van der Waals surface area contributed by atoms with E-state index in [1.807, 2.05) is 0 Å². The smallest absolute Gasteiger partial charge is 0.243 e. The Morgan fingerprint density at radius 3 is 2.50 bits per heavy atom. The summed E-state index contributed by atoms with van der Waals surface area (Å²) in [6.07, 6.45) is 1.91. The number of hydrogen-bond donors (Lipinski definition) is 1. The predicted octanol–water partition coefficient (Wildman–Crippen LogP) is 3.52. The average molecular weight is 569 g/mol. The second kappa shape index (κ2) is 13.2. The molecule has 1 aromatic heterocycles. The maximum atomic E-state index is 13.6. The molecule has 1 aromatic carbocycles. The molecule has 208 valence electrons. The number of ether oxygens (including phenoxy) is 4. The van der Waals surface area contributed by atoms with Gasteiger partial charge in [-0.2, -0.15) is 0 Å². The van der Waals surface area contributed by atoms with Crippen molar-refractivity contribution in [1.82, 2.24) is 14.8 Å². The van der Waals surface area contributed by atoms with E-state index < -0.39 is 21.4 Å². The number of sulfonamides is 1. The molecule has 3 atom stereocenters. The van der Waals surface area contributed by atoms with E-state index in [0.717, 1.165) is 12.8 Å². The largest absolute Gasteiger partial charge is 0.494 e. The molecule has 14 heteroatoms. The maximum Gasteiger partial charge on any atom is 0.243 e. The van der Waals surface area contributed by atoms with E-state index >= 15 is 0 Å². The van der Waals surface area contributed by atoms with Crippen LogP contribution < -0.4 is 14.2 Å². The molecule has 12 nitrogen and oxygen atoms in total. The molecule has 1 aliphatic heterocycles. The molecule has 0 aliphatic carbocycles. The van der Waals surface area contributed by atoms with Gasteiger partial charge in [-0.1, -0.05) is 17.7 Å². The Morgan fingerprint density at radius 1 is 1.29 bits per heavy atom. The molecule has 1 fully saturated rings. The molecular formula is C24H33ClN6O6S. The number of nitrogens with one attached hydrogen (secondary N) is 1. The number of benzene rings is 1. The second-order valence-corrected chi connectivity index (χ2v) is 11.1. The Hall–Kier alpha value is -3.00. The summed E-state index contributed by atoms with van der Waals surface area (Å²) in [5, 5.41) is 7.80. The first-order chi connectivity index (χ1) is 18.2. The van der Waals surface area contributed by atoms with Crippen molar-refractivity contribution in [1.29, 1.82) is 0 Å². The molecule has 2 heterocycles. The Balaban J connectivity index is 2.11. The van der Waals surface area contributed by atoms with Crippen LogP contribution in [0, 0.1) is 0 Å². The molecule has 0 spiro atoms. The zero-order chi connectivity index (χ0) is 27.9. The van der Waals surface area contributed by atoms with E-state index in [9.17, 15) is 8.42 Å². The first-order valence-corrected chi connectivity index (χ1v) is 13.8. The van der Waals surface area contributed by atoms with E-state index in [2.05, 4.69) is 31.6 Å². The minimum Gasteiger partial charge on any atom is -0.494 e. The van der Waals surface area contributed by atoms with Crippen LogP contribution in [0.25, 0.3) is 5.69 Å². The van der Waals surface area contributed by atoms with Gasteiger partial charge < -0.3 is 18.9 Å². The van der Waals surface area contributed by atoms with Gasteiger partial charge in [0, 0.05) is 30.9 Å². The van der Waals surface area contributed by atoms with Gasteiger partial charge in [-0.25, -0.2) is 18.4 Å². The number of anilines is 1. The van der Waals surface area contributed by atoms with Crippen molar-refractivity contribution in [2.24, 2.45) is 9.98 Å². The Labute approximate surface area is 227 Å². The van der Waals surface area contributed by atoms with Gasteiger partial charge >= 0.3 is 0 Å². The quantitative estimate of drug-likeness (QED) is 0.321. The minimum atomic E-state index is -4.14. The van der Waals surface area contributed by atoms with E-state index in [-0.39, 0.29) is 17.7 Å². The monoisotopic (exact) mass is 568 g/mol. The van der Waals surface area contributed by atoms with Crippen LogP contribution in [0.5, 0.6) is 11.5 Å². The summed E-state index contributed by atoms with van der Waals surface area (Å²) in [5.41, 5.74) is 0.453. The highest BCUT2D eigenvalue weighted by molar-refractivity contribution is 7.93. The van der Waals surface area contributed by atoms with E-state index in [1.54, 1.807) is 29.7 Å². The number of rotatable bonds is 11. The SMILES string of the molecule is C=NC(=N/C=C(\C)Cl)[C@@H](OC)[C@H](C)S(=O)(=O)Nc1nnc([C@@H]2CCCOC2)n1-c1c(OC)cccc1OC. The van der Waals surface area contributed by atoms with Gasteiger partial charge in [0.1, 0.15) is 34.4 Å². The number of para-hydroxylation sites is 1. The number of aromatic nitrogens is 3. The minimum absolute atomic E-state index is 0.0448. The van der Waals surface area contributed by atoms with Gasteiger partial charge in [-0.3, -0.25) is 9.29 Å². The summed E-state index contributed by atoms with van der Waals surface area (Å²) in [5.74, 6) is 1.29. The van der Waals surface area contributed by atoms with E-state index in [0.29, 0.717) is 41.3 Å². The van der Waals surface area contributed by atoms with Crippen LogP contribution in [0.4, 0.5) is 5.95 Å². The van der Waals surface area contributed by atoms with Gasteiger partial charge in [-0.15, -0.1) is 10.2 Å². The third-order valence-electron chi connectivity index (χ3n) is 6.03. The lowest BCUT2D eigenvalue weighted by molar-refractivity contribution is 0.0775. The van der Waals surface area contributed by atoms with Crippen LogP contribution >= 0.6 is 11.6 Å². The van der Waals surface area contributed by atoms with E-state index in [4.69, 9.17) is 30.5 Å². The summed E-state index contributed by atoms with van der Waals surface area (Å²) in [4.78, 5) is 7.97. The fourth-order valence-electron chi connectivity index (χ4n) is 4.09. The first kappa shape index (κ1) is 29.6. The van der Waals surface area contributed by atoms with Crippen LogP contribution in [0.1, 0.15) is 38.4 Å². The lowest BCUT2D eigenvalue weighted by atomic mass is 10.0. The third kappa shape index (κ3) is 6.52. The summed E-state index contributed by atoms with van der Waals surface area (Å²) in [7, 11) is 0.251. The molecule has 1 N–H and O–H groups in total. The molecule has 0 bridgehead atoms. The zero-order valence-corrected chi connectivity index (χ0v) is 23.6. The zero-order valence-electron chi connectivity index (χ0n) is 22.0. The molecule has 0 unspecified atom stereocenters. The van der Waals surface area contributed by atoms with Crippen LogP contribution in [0.3, 0.4) is 0 Å². The summed E-state index contributed by atoms with van der Waals surface area (Å²) >= 11 is 5.87. The number of allylic oxidation sites excluding steroid dienone is 1. The first-order valence-electron chi connectivity index (χ1n) is 11.8. The fraction of sp³-hybridized carbons (Fsp3) is 0.500. The van der Waals surface area contributed by atoms with E-state index in [1.165, 1.54) is 34.5 Å². The summed E-state index contributed by atoms with van der Waals surface area (Å²) < 4.78 is 53.7. The fourth-order valence-corrected chi connectivity index (χ4v) is 5.27. The predicted molar refractivity (Wildman–Crippen MR) is 147 cm³/mol. The van der Waals surface area contributed by atoms with Gasteiger partial charge in [0.2, 0.25) is 16.0 Å². The van der Waals surface area contributed by atoms with Crippen molar-refractivity contribution < 1.29 is 27.4 Å². The molecule has 0 radical (unpaired) electrons. The van der Waals surface area contributed by atoms with Crippen molar-refractivity contribution in [3.8, 4) is 17.2 Å². The number of nitrogens with zero attached hydrogens (tertiary/aromatic N) is 5. The third-order valence-corrected chi connectivity index (χ3v) is 7.82. The highest BCUT2D eigenvalue weighted by Crippen LogP contribution is 2.38. The molecular weight excluding hydrogens is 536 g/mol. The standard InChI is InChI=1S/C24H33ClN6O6S/c1-15(25)13-27-22(26-3)21(36-6)16(2)38(32,33)30-24-29-28-23(17-9-8-12-37-14-17)31(24)20-18(34-4)10-7-11-19(20)35-5/h7,10-11,13,16-17,21H,3,8-9,12,14H2,1-2,4-6H3,(H,29,30)/b15-13+,27-22?/t16-,17+,21-/m0/s1. The molecule has 0 saturated carbocycles. The molecule has 1 aliphatic rings. The van der Waals surface area contributed by atoms with Crippen molar-refractivity contribution in [3.05, 3.63) is 35.3 Å². The lowest BCUT2D eigenvalue weighted by Crippen LogP contribution is -2.41. The van der Waals surface area contributed by atoms with Gasteiger partial charge in [0.25, 0.3) is 0 Å². The molecule has 0 amide bonds. The van der Waals surface area contributed by atoms with Gasteiger partial charge in [0.15, 0.2) is 5.84 Å². The summed E-state index contributed by atoms with van der Waals surface area (Å²) in [6.45, 7) is 7.65. The normalized spacial score (nSPS) is 18.5. The molecule has 3 rings (SSSR count). The Kier molecular flexibility index (Phi) is 10.3. The van der Waals surface area contributed by atoms with Crippen LogP contribution in [0.15, 0.2) is 39.4 Å². The number of amidine groups is 1. The Bertz CT molecular complexity index is 1260. The van der Waals surface area contributed by atoms with Gasteiger partial charge in [-0.05, 0) is 45.5 Å². The van der Waals surface area contributed by atoms with Crippen molar-refractivity contribution >= 4 is 40.1 Å². The maximum absolute atomic E-state index is 13.6. The topological polar surface area (TPSA) is 139 Å². The van der Waals surface area contributed by atoms with Crippen LogP contribution in [-0.2, 0) is 19.5 Å². The summed E-state index contributed by atoms with van der Waals surface area (Å²) in [6, 6.07) is 5.25. The van der Waals surface area contributed by atoms with Crippen LogP contribution in [-0.4, -0.2) is 81.6 Å². The molecule has 38 heavy (non-hydrogen) atoms. The number of halogens is 1. The highest BCUT2D eigenvalue weighted by atomic mass is 35.5.